The predicted molar refractivity (Wildman–Crippen MR) is 94.8 cm³/mol. The normalized spacial score (nSPS) is 28.3. The monoisotopic (exact) mass is 296 g/mol. The summed E-state index contributed by atoms with van der Waals surface area (Å²) in [5.74, 6) is 2.62. The lowest BCUT2D eigenvalue weighted by Crippen LogP contribution is -2.48. The summed E-state index contributed by atoms with van der Waals surface area (Å²) in [6.07, 6.45) is 6.74. The molecule has 0 aliphatic heterocycles. The lowest BCUT2D eigenvalue weighted by Gasteiger charge is -2.42. The molecular formula is C19H40N2. The minimum absolute atomic E-state index is 0.723. The van der Waals surface area contributed by atoms with Crippen molar-refractivity contribution in [2.24, 2.45) is 17.8 Å². The standard InChI is InChI=1S/C19H40N2/c1-7-12-20-19-11-10-17(15(4)5)13-18(19)14-21(9-3)16(6)8-2/h15-20H,7-14H2,1-6H3. The van der Waals surface area contributed by atoms with Crippen LogP contribution in [0.1, 0.15) is 73.6 Å². The molecule has 1 saturated carbocycles. The molecule has 0 heterocycles. The van der Waals surface area contributed by atoms with Gasteiger partial charge in [0, 0.05) is 18.6 Å². The zero-order chi connectivity index (χ0) is 15.8. The van der Waals surface area contributed by atoms with Crippen LogP contribution in [0, 0.1) is 17.8 Å². The molecule has 4 unspecified atom stereocenters. The average Bonchev–Trinajstić information content (AvgIpc) is 2.50. The minimum Gasteiger partial charge on any atom is -0.314 e. The Labute approximate surface area is 134 Å². The van der Waals surface area contributed by atoms with Crippen molar-refractivity contribution in [3.8, 4) is 0 Å². The lowest BCUT2D eigenvalue weighted by atomic mass is 9.73. The molecular weight excluding hydrogens is 256 g/mol. The van der Waals surface area contributed by atoms with Gasteiger partial charge < -0.3 is 10.2 Å². The SMILES string of the molecule is CCCNC1CCC(C(C)C)CC1CN(CC)C(C)CC. The first kappa shape index (κ1) is 19.0. The second-order valence-electron chi connectivity index (χ2n) is 7.48. The van der Waals surface area contributed by atoms with Crippen molar-refractivity contribution in [3.05, 3.63) is 0 Å². The molecule has 1 N–H and O–H groups in total. The summed E-state index contributed by atoms with van der Waals surface area (Å²) in [6, 6.07) is 1.47. The Morgan fingerprint density at radius 1 is 1.10 bits per heavy atom. The van der Waals surface area contributed by atoms with Gasteiger partial charge in [0.15, 0.2) is 0 Å². The Morgan fingerprint density at radius 3 is 2.33 bits per heavy atom. The molecule has 0 aromatic heterocycles. The van der Waals surface area contributed by atoms with Crippen molar-refractivity contribution >= 4 is 0 Å². The van der Waals surface area contributed by atoms with E-state index in [9.17, 15) is 0 Å². The second-order valence-corrected chi connectivity index (χ2v) is 7.48. The molecule has 4 atom stereocenters. The van der Waals surface area contributed by atoms with E-state index in [1.807, 2.05) is 0 Å². The smallest absolute Gasteiger partial charge is 0.0108 e. The van der Waals surface area contributed by atoms with E-state index >= 15 is 0 Å². The van der Waals surface area contributed by atoms with Crippen LogP contribution < -0.4 is 5.32 Å². The van der Waals surface area contributed by atoms with Crippen molar-refractivity contribution in [3.63, 3.8) is 0 Å². The fourth-order valence-corrected chi connectivity index (χ4v) is 3.89. The Hall–Kier alpha value is -0.0800. The molecule has 1 aliphatic rings. The van der Waals surface area contributed by atoms with Crippen LogP contribution in [0.5, 0.6) is 0 Å². The van der Waals surface area contributed by atoms with E-state index in [1.165, 1.54) is 51.7 Å². The van der Waals surface area contributed by atoms with Gasteiger partial charge in [0.2, 0.25) is 0 Å². The number of nitrogens with zero attached hydrogens (tertiary/aromatic N) is 1. The van der Waals surface area contributed by atoms with Crippen LogP contribution >= 0.6 is 0 Å². The first-order valence-corrected chi connectivity index (χ1v) is 9.50. The van der Waals surface area contributed by atoms with Crippen LogP contribution in [0.4, 0.5) is 0 Å². The summed E-state index contributed by atoms with van der Waals surface area (Å²) in [5, 5.41) is 3.84. The molecule has 1 fully saturated rings. The largest absolute Gasteiger partial charge is 0.314 e. The Bertz CT molecular complexity index is 264. The first-order valence-electron chi connectivity index (χ1n) is 9.50. The fourth-order valence-electron chi connectivity index (χ4n) is 3.89. The maximum atomic E-state index is 3.84. The molecule has 21 heavy (non-hydrogen) atoms. The zero-order valence-electron chi connectivity index (χ0n) is 15.5. The molecule has 0 radical (unpaired) electrons. The maximum Gasteiger partial charge on any atom is 0.0108 e. The summed E-state index contributed by atoms with van der Waals surface area (Å²) < 4.78 is 0. The minimum atomic E-state index is 0.723. The van der Waals surface area contributed by atoms with Gasteiger partial charge in [-0.2, -0.15) is 0 Å². The topological polar surface area (TPSA) is 15.3 Å². The summed E-state index contributed by atoms with van der Waals surface area (Å²) in [5.41, 5.74) is 0. The van der Waals surface area contributed by atoms with Crippen molar-refractivity contribution in [1.29, 1.82) is 0 Å². The van der Waals surface area contributed by atoms with Gasteiger partial charge >= 0.3 is 0 Å². The highest BCUT2D eigenvalue weighted by Gasteiger charge is 2.32. The molecule has 0 amide bonds. The van der Waals surface area contributed by atoms with E-state index in [4.69, 9.17) is 0 Å². The van der Waals surface area contributed by atoms with Crippen LogP contribution in [0.3, 0.4) is 0 Å². The van der Waals surface area contributed by atoms with Gasteiger partial charge in [-0.1, -0.05) is 34.6 Å². The molecule has 1 aliphatic carbocycles. The van der Waals surface area contributed by atoms with Crippen LogP contribution in [-0.2, 0) is 0 Å². The van der Waals surface area contributed by atoms with Crippen molar-refractivity contribution in [2.75, 3.05) is 19.6 Å². The van der Waals surface area contributed by atoms with Gasteiger partial charge in [0.05, 0.1) is 0 Å². The zero-order valence-corrected chi connectivity index (χ0v) is 15.5. The van der Waals surface area contributed by atoms with E-state index in [2.05, 4.69) is 51.8 Å². The van der Waals surface area contributed by atoms with Gasteiger partial charge in [-0.05, 0) is 69.9 Å². The molecule has 0 saturated heterocycles. The number of nitrogens with one attached hydrogen (secondary N) is 1. The quantitative estimate of drug-likeness (QED) is 0.671. The third-order valence-electron chi connectivity index (χ3n) is 5.71. The summed E-state index contributed by atoms with van der Waals surface area (Å²) in [7, 11) is 0. The van der Waals surface area contributed by atoms with E-state index in [0.29, 0.717) is 0 Å². The molecule has 0 bridgehead atoms. The summed E-state index contributed by atoms with van der Waals surface area (Å²) in [4.78, 5) is 2.70. The third-order valence-corrected chi connectivity index (χ3v) is 5.71. The van der Waals surface area contributed by atoms with Crippen LogP contribution in [0.15, 0.2) is 0 Å². The summed E-state index contributed by atoms with van der Waals surface area (Å²) in [6.45, 7) is 17.8. The lowest BCUT2D eigenvalue weighted by molar-refractivity contribution is 0.104. The third kappa shape index (κ3) is 5.90. The van der Waals surface area contributed by atoms with E-state index in [-0.39, 0.29) is 0 Å². The average molecular weight is 297 g/mol. The number of rotatable bonds is 9. The van der Waals surface area contributed by atoms with Gasteiger partial charge in [0.1, 0.15) is 0 Å². The van der Waals surface area contributed by atoms with Crippen LogP contribution in [0.2, 0.25) is 0 Å². The number of hydrogen-bond donors (Lipinski definition) is 1. The van der Waals surface area contributed by atoms with Gasteiger partial charge in [-0.25, -0.2) is 0 Å². The van der Waals surface area contributed by atoms with E-state index < -0.39 is 0 Å². The highest BCUT2D eigenvalue weighted by Crippen LogP contribution is 2.34. The molecule has 2 heteroatoms. The van der Waals surface area contributed by atoms with Crippen LogP contribution in [0.25, 0.3) is 0 Å². The van der Waals surface area contributed by atoms with Gasteiger partial charge in [0.25, 0.3) is 0 Å². The molecule has 1 rings (SSSR count). The van der Waals surface area contributed by atoms with Gasteiger partial charge in [-0.3, -0.25) is 0 Å². The second kappa shape index (κ2) is 9.84. The van der Waals surface area contributed by atoms with Gasteiger partial charge in [-0.15, -0.1) is 0 Å². The molecule has 2 nitrogen and oxygen atoms in total. The maximum absolute atomic E-state index is 3.84. The summed E-state index contributed by atoms with van der Waals surface area (Å²) >= 11 is 0. The highest BCUT2D eigenvalue weighted by molar-refractivity contribution is 4.88. The Morgan fingerprint density at radius 2 is 1.81 bits per heavy atom. The fraction of sp³-hybridized carbons (Fsp3) is 1.00. The van der Waals surface area contributed by atoms with Crippen LogP contribution in [-0.4, -0.2) is 36.6 Å². The van der Waals surface area contributed by atoms with E-state index in [1.54, 1.807) is 0 Å². The highest BCUT2D eigenvalue weighted by atomic mass is 15.2. The van der Waals surface area contributed by atoms with E-state index in [0.717, 1.165) is 29.8 Å². The Balaban J connectivity index is 2.67. The van der Waals surface area contributed by atoms with Crippen molar-refractivity contribution in [2.45, 2.75) is 85.7 Å². The molecule has 126 valence electrons. The molecule has 0 aromatic rings. The number of hydrogen-bond acceptors (Lipinski definition) is 2. The first-order chi connectivity index (χ1) is 10.0. The van der Waals surface area contributed by atoms with Crippen molar-refractivity contribution in [1.82, 2.24) is 10.2 Å². The van der Waals surface area contributed by atoms with Crippen molar-refractivity contribution < 1.29 is 0 Å². The molecule has 0 spiro atoms. The molecule has 0 aromatic carbocycles. The Kier molecular flexibility index (Phi) is 8.89. The predicted octanol–water partition coefficient (Wildman–Crippen LogP) is 4.55.